The lowest BCUT2D eigenvalue weighted by atomic mass is 9.81. The van der Waals surface area contributed by atoms with Crippen molar-refractivity contribution >= 4 is 0 Å². The van der Waals surface area contributed by atoms with Crippen LogP contribution in [0.1, 0.15) is 77.0 Å². The van der Waals surface area contributed by atoms with E-state index in [1.165, 1.54) is 30.5 Å². The molecule has 3 unspecified atom stereocenters. The average Bonchev–Trinajstić information content (AvgIpc) is 2.40. The van der Waals surface area contributed by atoms with Gasteiger partial charge in [0.1, 0.15) is 5.75 Å². The van der Waals surface area contributed by atoms with E-state index in [2.05, 4.69) is 45.7 Å². The molecule has 1 heterocycles. The molecule has 0 aliphatic heterocycles. The summed E-state index contributed by atoms with van der Waals surface area (Å²) in [6, 6.07) is 2.05. The van der Waals surface area contributed by atoms with Crippen molar-refractivity contribution in [1.29, 1.82) is 0 Å². The lowest BCUT2D eigenvalue weighted by molar-refractivity contribution is 0.234. The SMILES string of the molecule is CC(C)CC(C)COc1ccnc2c1C(C)CCC2C. The maximum Gasteiger partial charge on any atom is 0.126 e. The van der Waals surface area contributed by atoms with E-state index in [-0.39, 0.29) is 0 Å². The molecule has 2 nitrogen and oxygen atoms in total. The van der Waals surface area contributed by atoms with Gasteiger partial charge in [0.05, 0.1) is 12.3 Å². The van der Waals surface area contributed by atoms with E-state index in [0.29, 0.717) is 17.8 Å². The van der Waals surface area contributed by atoms with E-state index in [0.717, 1.165) is 18.3 Å². The molecule has 1 aromatic rings. The number of hydrogen-bond acceptors (Lipinski definition) is 2. The number of ether oxygens (including phenoxy) is 1. The van der Waals surface area contributed by atoms with Crippen molar-refractivity contribution in [2.75, 3.05) is 6.61 Å². The molecule has 0 bridgehead atoms. The Hall–Kier alpha value is -1.05. The van der Waals surface area contributed by atoms with Crippen LogP contribution >= 0.6 is 0 Å². The summed E-state index contributed by atoms with van der Waals surface area (Å²) in [4.78, 5) is 4.61. The van der Waals surface area contributed by atoms with E-state index in [1.807, 2.05) is 6.20 Å². The average molecular weight is 275 g/mol. The van der Waals surface area contributed by atoms with Crippen LogP contribution in [0.3, 0.4) is 0 Å². The van der Waals surface area contributed by atoms with Gasteiger partial charge in [-0.1, -0.05) is 34.6 Å². The Kier molecular flexibility index (Phi) is 5.06. The Morgan fingerprint density at radius 2 is 1.90 bits per heavy atom. The summed E-state index contributed by atoms with van der Waals surface area (Å²) in [5, 5.41) is 0. The molecule has 0 radical (unpaired) electrons. The molecule has 0 N–H and O–H groups in total. The number of pyridine rings is 1. The third-order valence-corrected chi connectivity index (χ3v) is 4.37. The first-order chi connectivity index (χ1) is 9.49. The van der Waals surface area contributed by atoms with Gasteiger partial charge in [-0.2, -0.15) is 0 Å². The van der Waals surface area contributed by atoms with Gasteiger partial charge in [-0.3, -0.25) is 4.98 Å². The summed E-state index contributed by atoms with van der Waals surface area (Å²) in [5.74, 6) is 3.56. The molecule has 1 aliphatic carbocycles. The molecule has 2 heteroatoms. The van der Waals surface area contributed by atoms with Crippen LogP contribution in [0.5, 0.6) is 5.75 Å². The normalized spacial score (nSPS) is 23.5. The minimum absolute atomic E-state index is 0.567. The first kappa shape index (κ1) is 15.3. The molecule has 1 aliphatic rings. The lowest BCUT2D eigenvalue weighted by Crippen LogP contribution is -2.17. The number of aromatic nitrogens is 1. The number of nitrogens with zero attached hydrogens (tertiary/aromatic N) is 1. The summed E-state index contributed by atoms with van der Waals surface area (Å²) >= 11 is 0. The van der Waals surface area contributed by atoms with Gasteiger partial charge < -0.3 is 4.74 Å². The van der Waals surface area contributed by atoms with Gasteiger partial charge in [-0.25, -0.2) is 0 Å². The lowest BCUT2D eigenvalue weighted by Gasteiger charge is -2.28. The Balaban J connectivity index is 2.11. The first-order valence-corrected chi connectivity index (χ1v) is 8.10. The van der Waals surface area contributed by atoms with Crippen LogP contribution < -0.4 is 4.74 Å². The van der Waals surface area contributed by atoms with Gasteiger partial charge in [0.2, 0.25) is 0 Å². The Bertz CT molecular complexity index is 441. The standard InChI is InChI=1S/C18H29NO/c1-12(2)10-13(3)11-20-16-8-9-19-18-15(5)7-6-14(4)17(16)18/h8-9,12-15H,6-7,10-11H2,1-5H3. The highest BCUT2D eigenvalue weighted by atomic mass is 16.5. The monoisotopic (exact) mass is 275 g/mol. The second kappa shape index (κ2) is 6.60. The highest BCUT2D eigenvalue weighted by molar-refractivity contribution is 5.41. The van der Waals surface area contributed by atoms with Crippen LogP contribution in [-0.2, 0) is 0 Å². The topological polar surface area (TPSA) is 22.1 Å². The van der Waals surface area contributed by atoms with Gasteiger partial charge in [-0.15, -0.1) is 0 Å². The fourth-order valence-electron chi connectivity index (χ4n) is 3.37. The van der Waals surface area contributed by atoms with Crippen molar-refractivity contribution in [2.45, 2.75) is 65.7 Å². The summed E-state index contributed by atoms with van der Waals surface area (Å²) in [6.07, 6.45) is 5.63. The number of fused-ring (bicyclic) bond motifs is 1. The second-order valence-corrected chi connectivity index (χ2v) is 7.03. The van der Waals surface area contributed by atoms with Gasteiger partial charge in [0.25, 0.3) is 0 Å². The highest BCUT2D eigenvalue weighted by Gasteiger charge is 2.26. The van der Waals surface area contributed by atoms with E-state index < -0.39 is 0 Å². The Labute approximate surface area is 124 Å². The van der Waals surface area contributed by atoms with Crippen molar-refractivity contribution in [2.24, 2.45) is 11.8 Å². The summed E-state index contributed by atoms with van der Waals surface area (Å²) in [5.41, 5.74) is 2.63. The van der Waals surface area contributed by atoms with Crippen molar-refractivity contribution in [3.8, 4) is 5.75 Å². The minimum atomic E-state index is 0.567. The predicted molar refractivity (Wildman–Crippen MR) is 84.4 cm³/mol. The van der Waals surface area contributed by atoms with Crippen LogP contribution in [0, 0.1) is 11.8 Å². The van der Waals surface area contributed by atoms with Crippen molar-refractivity contribution in [1.82, 2.24) is 4.98 Å². The predicted octanol–water partition coefficient (Wildman–Crippen LogP) is 5.14. The third-order valence-electron chi connectivity index (χ3n) is 4.37. The van der Waals surface area contributed by atoms with Gasteiger partial charge >= 0.3 is 0 Å². The van der Waals surface area contributed by atoms with Crippen molar-refractivity contribution in [3.05, 3.63) is 23.5 Å². The summed E-state index contributed by atoms with van der Waals surface area (Å²) in [7, 11) is 0. The zero-order valence-corrected chi connectivity index (χ0v) is 13.6. The zero-order valence-electron chi connectivity index (χ0n) is 13.6. The largest absolute Gasteiger partial charge is 0.493 e. The Morgan fingerprint density at radius 3 is 2.60 bits per heavy atom. The molecular weight excluding hydrogens is 246 g/mol. The molecule has 2 rings (SSSR count). The van der Waals surface area contributed by atoms with Crippen molar-refractivity contribution in [3.63, 3.8) is 0 Å². The van der Waals surface area contributed by atoms with E-state index in [4.69, 9.17) is 4.74 Å². The number of rotatable bonds is 5. The molecule has 0 saturated carbocycles. The fraction of sp³-hybridized carbons (Fsp3) is 0.722. The van der Waals surface area contributed by atoms with E-state index >= 15 is 0 Å². The molecule has 3 atom stereocenters. The number of hydrogen-bond donors (Lipinski definition) is 0. The highest BCUT2D eigenvalue weighted by Crippen LogP contribution is 2.41. The van der Waals surface area contributed by atoms with Gasteiger partial charge in [-0.05, 0) is 49.0 Å². The maximum absolute atomic E-state index is 6.15. The van der Waals surface area contributed by atoms with Crippen LogP contribution in [0.25, 0.3) is 0 Å². The molecular formula is C18H29NO. The van der Waals surface area contributed by atoms with Gasteiger partial charge in [0, 0.05) is 11.8 Å². The van der Waals surface area contributed by atoms with Gasteiger partial charge in [0.15, 0.2) is 0 Å². The van der Waals surface area contributed by atoms with Crippen molar-refractivity contribution < 1.29 is 4.74 Å². The second-order valence-electron chi connectivity index (χ2n) is 7.03. The minimum Gasteiger partial charge on any atom is -0.493 e. The van der Waals surface area contributed by atoms with E-state index in [9.17, 15) is 0 Å². The third kappa shape index (κ3) is 3.53. The van der Waals surface area contributed by atoms with Crippen LogP contribution in [-0.4, -0.2) is 11.6 Å². The van der Waals surface area contributed by atoms with Crippen LogP contribution in [0.2, 0.25) is 0 Å². The summed E-state index contributed by atoms with van der Waals surface area (Å²) in [6.45, 7) is 12.2. The maximum atomic E-state index is 6.15. The fourth-order valence-corrected chi connectivity index (χ4v) is 3.37. The zero-order chi connectivity index (χ0) is 14.7. The molecule has 0 spiro atoms. The van der Waals surface area contributed by atoms with Crippen LogP contribution in [0.4, 0.5) is 0 Å². The molecule has 0 amide bonds. The summed E-state index contributed by atoms with van der Waals surface area (Å²) < 4.78 is 6.15. The Morgan fingerprint density at radius 1 is 1.20 bits per heavy atom. The molecule has 0 saturated heterocycles. The smallest absolute Gasteiger partial charge is 0.126 e. The molecule has 0 aromatic carbocycles. The molecule has 112 valence electrons. The van der Waals surface area contributed by atoms with Crippen LogP contribution in [0.15, 0.2) is 12.3 Å². The molecule has 20 heavy (non-hydrogen) atoms. The quantitative estimate of drug-likeness (QED) is 0.742. The molecule has 1 aromatic heterocycles. The molecule has 0 fully saturated rings. The van der Waals surface area contributed by atoms with E-state index in [1.54, 1.807) is 0 Å². The first-order valence-electron chi connectivity index (χ1n) is 8.10.